The Kier molecular flexibility index (Phi) is 5.61. The molecule has 0 spiro atoms. The number of carbonyl (C=O) groups excluding carboxylic acids is 2. The van der Waals surface area contributed by atoms with Gasteiger partial charge in [-0.05, 0) is 35.7 Å². The standard InChI is InChI=1S/C18H20N2O3S/c21-17(13-19-18(22)12-16-2-1-11-24-16)14-3-5-15(6-4-14)20-7-9-23-10-8-20/h1-6,11H,7-10,12-13H2,(H,19,22). The van der Waals surface area contributed by atoms with Gasteiger partial charge in [-0.2, -0.15) is 0 Å². The number of Topliss-reactive ketones (excluding diaryl/α,β-unsaturated/α-hetero) is 1. The van der Waals surface area contributed by atoms with Gasteiger partial charge in [-0.15, -0.1) is 11.3 Å². The Balaban J connectivity index is 1.50. The fourth-order valence-corrected chi connectivity index (χ4v) is 3.30. The number of carbonyl (C=O) groups is 2. The van der Waals surface area contributed by atoms with Gasteiger partial charge in [0, 0.05) is 29.2 Å². The zero-order chi connectivity index (χ0) is 16.8. The van der Waals surface area contributed by atoms with Gasteiger partial charge < -0.3 is 15.0 Å². The molecule has 6 heteroatoms. The zero-order valence-electron chi connectivity index (χ0n) is 13.4. The van der Waals surface area contributed by atoms with Crippen LogP contribution in [0.25, 0.3) is 0 Å². The third-order valence-corrected chi connectivity index (χ3v) is 4.80. The molecule has 1 saturated heterocycles. The van der Waals surface area contributed by atoms with E-state index in [-0.39, 0.29) is 18.2 Å². The highest BCUT2D eigenvalue weighted by Crippen LogP contribution is 2.17. The van der Waals surface area contributed by atoms with Crippen molar-refractivity contribution in [2.75, 3.05) is 37.7 Å². The van der Waals surface area contributed by atoms with E-state index >= 15 is 0 Å². The van der Waals surface area contributed by atoms with E-state index in [0.717, 1.165) is 36.9 Å². The van der Waals surface area contributed by atoms with Crippen LogP contribution in [0.4, 0.5) is 5.69 Å². The molecule has 24 heavy (non-hydrogen) atoms. The first-order chi connectivity index (χ1) is 11.7. The lowest BCUT2D eigenvalue weighted by Gasteiger charge is -2.28. The van der Waals surface area contributed by atoms with Crippen molar-refractivity contribution in [1.29, 1.82) is 0 Å². The number of thiophene rings is 1. The van der Waals surface area contributed by atoms with Crippen molar-refractivity contribution in [3.8, 4) is 0 Å². The molecule has 2 aromatic rings. The zero-order valence-corrected chi connectivity index (χ0v) is 14.2. The van der Waals surface area contributed by atoms with Crippen LogP contribution >= 0.6 is 11.3 Å². The maximum atomic E-state index is 12.2. The Morgan fingerprint density at radius 2 is 1.88 bits per heavy atom. The first-order valence-corrected chi connectivity index (χ1v) is 8.85. The minimum atomic E-state index is -0.129. The topological polar surface area (TPSA) is 58.6 Å². The van der Waals surface area contributed by atoms with E-state index in [9.17, 15) is 9.59 Å². The van der Waals surface area contributed by atoms with Gasteiger partial charge in [-0.1, -0.05) is 6.07 Å². The smallest absolute Gasteiger partial charge is 0.225 e. The van der Waals surface area contributed by atoms with Crippen molar-refractivity contribution in [2.45, 2.75) is 6.42 Å². The van der Waals surface area contributed by atoms with Crippen molar-refractivity contribution in [3.05, 3.63) is 52.2 Å². The lowest BCUT2D eigenvalue weighted by Crippen LogP contribution is -2.36. The number of amides is 1. The second kappa shape index (κ2) is 8.08. The van der Waals surface area contributed by atoms with Gasteiger partial charge in [0.15, 0.2) is 5.78 Å². The van der Waals surface area contributed by atoms with Gasteiger partial charge in [-0.3, -0.25) is 9.59 Å². The average molecular weight is 344 g/mol. The summed E-state index contributed by atoms with van der Waals surface area (Å²) in [7, 11) is 0. The van der Waals surface area contributed by atoms with Crippen LogP contribution in [-0.2, 0) is 16.0 Å². The van der Waals surface area contributed by atoms with E-state index in [4.69, 9.17) is 4.74 Å². The largest absolute Gasteiger partial charge is 0.378 e. The number of morpholine rings is 1. The minimum Gasteiger partial charge on any atom is -0.378 e. The molecule has 126 valence electrons. The normalized spacial score (nSPS) is 14.4. The van der Waals surface area contributed by atoms with Crippen LogP contribution in [0.2, 0.25) is 0 Å². The highest BCUT2D eigenvalue weighted by atomic mass is 32.1. The maximum absolute atomic E-state index is 12.2. The second-order valence-corrected chi connectivity index (χ2v) is 6.63. The van der Waals surface area contributed by atoms with Crippen LogP contribution in [0.3, 0.4) is 0 Å². The molecule has 1 amide bonds. The van der Waals surface area contributed by atoms with E-state index < -0.39 is 0 Å². The van der Waals surface area contributed by atoms with Gasteiger partial charge in [0.05, 0.1) is 26.2 Å². The number of ketones is 1. The molecule has 3 rings (SSSR count). The number of nitrogens with zero attached hydrogens (tertiary/aromatic N) is 1. The van der Waals surface area contributed by atoms with E-state index in [2.05, 4.69) is 10.2 Å². The molecule has 1 fully saturated rings. The summed E-state index contributed by atoms with van der Waals surface area (Å²) in [5.74, 6) is -0.209. The molecular formula is C18H20N2O3S. The summed E-state index contributed by atoms with van der Waals surface area (Å²) >= 11 is 1.54. The van der Waals surface area contributed by atoms with Gasteiger partial charge >= 0.3 is 0 Å². The number of anilines is 1. The van der Waals surface area contributed by atoms with E-state index in [1.807, 2.05) is 41.8 Å². The molecule has 1 N–H and O–H groups in total. The quantitative estimate of drug-likeness (QED) is 0.816. The number of rotatable bonds is 6. The Labute approximate surface area is 145 Å². The number of ether oxygens (including phenoxy) is 1. The lowest BCUT2D eigenvalue weighted by atomic mass is 10.1. The molecule has 2 heterocycles. The summed E-state index contributed by atoms with van der Waals surface area (Å²) in [6.45, 7) is 3.23. The third-order valence-electron chi connectivity index (χ3n) is 3.93. The van der Waals surface area contributed by atoms with Crippen molar-refractivity contribution in [3.63, 3.8) is 0 Å². The van der Waals surface area contributed by atoms with Crippen LogP contribution in [-0.4, -0.2) is 44.5 Å². The van der Waals surface area contributed by atoms with Crippen LogP contribution < -0.4 is 10.2 Å². The van der Waals surface area contributed by atoms with Crippen LogP contribution in [0, 0.1) is 0 Å². The van der Waals surface area contributed by atoms with Crippen LogP contribution in [0.5, 0.6) is 0 Å². The number of hydrogen-bond acceptors (Lipinski definition) is 5. The van der Waals surface area contributed by atoms with Crippen molar-refractivity contribution >= 4 is 28.7 Å². The summed E-state index contributed by atoms with van der Waals surface area (Å²) in [5, 5.41) is 4.62. The molecule has 0 unspecified atom stereocenters. The molecule has 0 atom stereocenters. The predicted octanol–water partition coefficient (Wildman–Crippen LogP) is 2.13. The molecule has 1 aromatic carbocycles. The van der Waals surface area contributed by atoms with Crippen molar-refractivity contribution < 1.29 is 14.3 Å². The first-order valence-electron chi connectivity index (χ1n) is 7.97. The summed E-state index contributed by atoms with van der Waals surface area (Å²) in [6, 6.07) is 11.4. The Hall–Kier alpha value is -2.18. The summed E-state index contributed by atoms with van der Waals surface area (Å²) in [6.07, 6.45) is 0.320. The molecule has 0 aliphatic carbocycles. The average Bonchev–Trinajstić information content (AvgIpc) is 3.13. The Morgan fingerprint density at radius 1 is 1.12 bits per heavy atom. The number of benzene rings is 1. The van der Waals surface area contributed by atoms with E-state index in [1.54, 1.807) is 0 Å². The highest BCUT2D eigenvalue weighted by Gasteiger charge is 2.13. The monoisotopic (exact) mass is 344 g/mol. The Morgan fingerprint density at radius 3 is 2.54 bits per heavy atom. The predicted molar refractivity (Wildman–Crippen MR) is 94.8 cm³/mol. The number of nitrogens with one attached hydrogen (secondary N) is 1. The maximum Gasteiger partial charge on any atom is 0.225 e. The van der Waals surface area contributed by atoms with Crippen molar-refractivity contribution in [1.82, 2.24) is 5.32 Å². The summed E-state index contributed by atoms with van der Waals surface area (Å²) < 4.78 is 5.34. The first kappa shape index (κ1) is 16.7. The van der Waals surface area contributed by atoms with Gasteiger partial charge in [0.25, 0.3) is 0 Å². The third kappa shape index (κ3) is 4.43. The van der Waals surface area contributed by atoms with E-state index in [1.165, 1.54) is 11.3 Å². The van der Waals surface area contributed by atoms with Crippen molar-refractivity contribution in [2.24, 2.45) is 0 Å². The summed E-state index contributed by atoms with van der Waals surface area (Å²) in [5.41, 5.74) is 1.71. The van der Waals surface area contributed by atoms with E-state index in [0.29, 0.717) is 12.0 Å². The van der Waals surface area contributed by atoms with Gasteiger partial charge in [-0.25, -0.2) is 0 Å². The minimum absolute atomic E-state index is 0.0289. The van der Waals surface area contributed by atoms with Crippen LogP contribution in [0.1, 0.15) is 15.2 Å². The number of hydrogen-bond donors (Lipinski definition) is 1. The molecule has 1 aliphatic rings. The van der Waals surface area contributed by atoms with Gasteiger partial charge in [0.2, 0.25) is 5.91 Å². The highest BCUT2D eigenvalue weighted by molar-refractivity contribution is 7.10. The summed E-state index contributed by atoms with van der Waals surface area (Å²) in [4.78, 5) is 27.3. The van der Waals surface area contributed by atoms with Crippen LogP contribution in [0.15, 0.2) is 41.8 Å². The SMILES string of the molecule is O=C(Cc1cccs1)NCC(=O)c1ccc(N2CCOCC2)cc1. The molecule has 5 nitrogen and oxygen atoms in total. The molecular weight excluding hydrogens is 324 g/mol. The fraction of sp³-hybridized carbons (Fsp3) is 0.333. The molecule has 0 saturated carbocycles. The Bertz CT molecular complexity index is 677. The fourth-order valence-electron chi connectivity index (χ4n) is 2.59. The molecule has 0 radical (unpaired) electrons. The van der Waals surface area contributed by atoms with Gasteiger partial charge in [0.1, 0.15) is 0 Å². The second-order valence-electron chi connectivity index (χ2n) is 5.60. The molecule has 0 bridgehead atoms. The molecule has 1 aliphatic heterocycles. The lowest BCUT2D eigenvalue weighted by molar-refractivity contribution is -0.120. The molecule has 1 aromatic heterocycles.